The van der Waals surface area contributed by atoms with E-state index >= 15 is 0 Å². The molecule has 0 spiro atoms. The van der Waals surface area contributed by atoms with Crippen LogP contribution < -0.4 is 10.1 Å². The molecule has 2 heterocycles. The van der Waals surface area contributed by atoms with Gasteiger partial charge in [-0.3, -0.25) is 4.79 Å². The van der Waals surface area contributed by atoms with E-state index in [-0.39, 0.29) is 18.6 Å². The second-order valence-electron chi connectivity index (χ2n) is 5.63. The first kappa shape index (κ1) is 16.4. The fourth-order valence-electron chi connectivity index (χ4n) is 2.50. The Morgan fingerprint density at radius 3 is 2.75 bits per heavy atom. The number of fused-ring (bicyclic) bond motifs is 1. The average Bonchev–Trinajstić information content (AvgIpc) is 2.89. The molecule has 0 radical (unpaired) electrons. The van der Waals surface area contributed by atoms with Crippen LogP contribution in [-0.4, -0.2) is 22.5 Å². The van der Waals surface area contributed by atoms with E-state index < -0.39 is 0 Å². The van der Waals surface area contributed by atoms with E-state index in [1.807, 2.05) is 51.1 Å². The van der Waals surface area contributed by atoms with Crippen LogP contribution in [0.1, 0.15) is 29.0 Å². The minimum Gasteiger partial charge on any atom is -0.467 e. The summed E-state index contributed by atoms with van der Waals surface area (Å²) >= 11 is 1.60. The predicted octanol–water partition coefficient (Wildman–Crippen LogP) is 3.56. The summed E-state index contributed by atoms with van der Waals surface area (Å²) < 4.78 is 5.66. The fourth-order valence-corrected chi connectivity index (χ4v) is 3.49. The largest absolute Gasteiger partial charge is 0.467 e. The predicted molar refractivity (Wildman–Crippen MR) is 95.4 cm³/mol. The number of aryl methyl sites for hydroxylation is 2. The lowest BCUT2D eigenvalue weighted by atomic mass is 10.1. The van der Waals surface area contributed by atoms with Crippen molar-refractivity contribution in [3.8, 4) is 5.88 Å². The van der Waals surface area contributed by atoms with Gasteiger partial charge in [0.05, 0.1) is 11.4 Å². The van der Waals surface area contributed by atoms with Crippen LogP contribution in [0.4, 0.5) is 0 Å². The Morgan fingerprint density at radius 1 is 1.25 bits per heavy atom. The van der Waals surface area contributed by atoms with Gasteiger partial charge in [-0.25, -0.2) is 9.97 Å². The molecule has 0 fully saturated rings. The zero-order chi connectivity index (χ0) is 17.1. The average molecular weight is 341 g/mol. The molecule has 124 valence electrons. The van der Waals surface area contributed by atoms with Gasteiger partial charge in [0, 0.05) is 4.88 Å². The van der Waals surface area contributed by atoms with Gasteiger partial charge in [-0.2, -0.15) is 0 Å². The standard InChI is InChI=1S/C18H19N3O2S/c1-11-13(3)24-18-16(11)17(19-10-20-18)23-9-15(22)21-12(2)14-7-5-4-6-8-14/h4-8,10,12H,9H2,1-3H3,(H,21,22). The van der Waals surface area contributed by atoms with Gasteiger partial charge in [0.25, 0.3) is 5.91 Å². The maximum absolute atomic E-state index is 12.1. The Kier molecular flexibility index (Phi) is 4.76. The van der Waals surface area contributed by atoms with Crippen molar-refractivity contribution < 1.29 is 9.53 Å². The topological polar surface area (TPSA) is 64.1 Å². The smallest absolute Gasteiger partial charge is 0.258 e. The van der Waals surface area contributed by atoms with Crippen molar-refractivity contribution >= 4 is 27.5 Å². The summed E-state index contributed by atoms with van der Waals surface area (Å²) in [5, 5.41) is 3.82. The lowest BCUT2D eigenvalue weighted by Crippen LogP contribution is -2.31. The lowest BCUT2D eigenvalue weighted by molar-refractivity contribution is -0.123. The fraction of sp³-hybridized carbons (Fsp3) is 0.278. The van der Waals surface area contributed by atoms with Crippen LogP contribution in [-0.2, 0) is 4.79 Å². The molecule has 24 heavy (non-hydrogen) atoms. The number of carbonyl (C=O) groups is 1. The van der Waals surface area contributed by atoms with Crippen LogP contribution in [0, 0.1) is 13.8 Å². The first-order chi connectivity index (χ1) is 11.6. The Hall–Kier alpha value is -2.47. The molecule has 0 bridgehead atoms. The molecule has 0 aliphatic heterocycles. The summed E-state index contributed by atoms with van der Waals surface area (Å²) in [4.78, 5) is 22.7. The summed E-state index contributed by atoms with van der Waals surface area (Å²) in [7, 11) is 0. The Morgan fingerprint density at radius 2 is 2.00 bits per heavy atom. The summed E-state index contributed by atoms with van der Waals surface area (Å²) in [6.07, 6.45) is 1.47. The van der Waals surface area contributed by atoms with Crippen molar-refractivity contribution in [2.75, 3.05) is 6.61 Å². The number of nitrogens with zero attached hydrogens (tertiary/aromatic N) is 2. The van der Waals surface area contributed by atoms with E-state index in [9.17, 15) is 4.79 Å². The molecule has 1 aromatic carbocycles. The second-order valence-corrected chi connectivity index (χ2v) is 6.83. The minimum absolute atomic E-state index is 0.0714. The monoisotopic (exact) mass is 341 g/mol. The maximum atomic E-state index is 12.1. The van der Waals surface area contributed by atoms with Gasteiger partial charge in [-0.15, -0.1) is 11.3 Å². The van der Waals surface area contributed by atoms with Crippen LogP contribution in [0.2, 0.25) is 0 Å². The molecule has 3 rings (SSSR count). The first-order valence-corrected chi connectivity index (χ1v) is 8.55. The van der Waals surface area contributed by atoms with Crippen LogP contribution >= 0.6 is 11.3 Å². The van der Waals surface area contributed by atoms with Gasteiger partial charge in [0.2, 0.25) is 5.88 Å². The summed E-state index contributed by atoms with van der Waals surface area (Å²) in [6, 6.07) is 9.75. The maximum Gasteiger partial charge on any atom is 0.258 e. The Labute approximate surface area is 144 Å². The van der Waals surface area contributed by atoms with E-state index in [4.69, 9.17) is 4.74 Å². The third-order valence-electron chi connectivity index (χ3n) is 3.95. The molecule has 1 unspecified atom stereocenters. The van der Waals surface area contributed by atoms with Crippen LogP contribution in [0.25, 0.3) is 10.2 Å². The van der Waals surface area contributed by atoms with Crippen molar-refractivity contribution in [2.24, 2.45) is 0 Å². The quantitative estimate of drug-likeness (QED) is 0.770. The molecule has 3 aromatic rings. The number of carbonyl (C=O) groups excluding carboxylic acids is 1. The van der Waals surface area contributed by atoms with E-state index in [0.717, 1.165) is 21.3 Å². The van der Waals surface area contributed by atoms with E-state index in [1.165, 1.54) is 11.2 Å². The summed E-state index contributed by atoms with van der Waals surface area (Å²) in [6.45, 7) is 5.93. The van der Waals surface area contributed by atoms with Gasteiger partial charge < -0.3 is 10.1 Å². The number of ether oxygens (including phenoxy) is 1. The molecule has 0 aliphatic carbocycles. The molecular weight excluding hydrogens is 322 g/mol. The minimum atomic E-state index is -0.178. The SMILES string of the molecule is Cc1sc2ncnc(OCC(=O)NC(C)c3ccccc3)c2c1C. The highest BCUT2D eigenvalue weighted by Gasteiger charge is 2.15. The summed E-state index contributed by atoms with van der Waals surface area (Å²) in [5.41, 5.74) is 2.16. The van der Waals surface area contributed by atoms with Crippen molar-refractivity contribution in [2.45, 2.75) is 26.8 Å². The van der Waals surface area contributed by atoms with Crippen LogP contribution in [0.5, 0.6) is 5.88 Å². The number of rotatable bonds is 5. The number of thiophene rings is 1. The lowest BCUT2D eigenvalue weighted by Gasteiger charge is -2.14. The molecular formula is C18H19N3O2S. The highest BCUT2D eigenvalue weighted by molar-refractivity contribution is 7.18. The number of benzene rings is 1. The first-order valence-electron chi connectivity index (χ1n) is 7.74. The van der Waals surface area contributed by atoms with E-state index in [1.54, 1.807) is 11.3 Å². The van der Waals surface area contributed by atoms with Gasteiger partial charge in [-0.05, 0) is 31.9 Å². The third kappa shape index (κ3) is 3.38. The molecule has 6 heteroatoms. The van der Waals surface area contributed by atoms with E-state index in [0.29, 0.717) is 5.88 Å². The van der Waals surface area contributed by atoms with Crippen molar-refractivity contribution in [1.82, 2.24) is 15.3 Å². The zero-order valence-corrected chi connectivity index (χ0v) is 14.7. The normalized spacial score (nSPS) is 12.1. The van der Waals surface area contributed by atoms with Gasteiger partial charge >= 0.3 is 0 Å². The molecule has 1 atom stereocenters. The second kappa shape index (κ2) is 6.97. The van der Waals surface area contributed by atoms with Gasteiger partial charge in [-0.1, -0.05) is 30.3 Å². The highest BCUT2D eigenvalue weighted by atomic mass is 32.1. The Bertz CT molecular complexity index is 861. The van der Waals surface area contributed by atoms with E-state index in [2.05, 4.69) is 15.3 Å². The zero-order valence-electron chi connectivity index (χ0n) is 13.9. The molecule has 2 aromatic heterocycles. The van der Waals surface area contributed by atoms with Gasteiger partial charge in [0.1, 0.15) is 11.2 Å². The third-order valence-corrected chi connectivity index (χ3v) is 5.06. The number of amides is 1. The molecule has 5 nitrogen and oxygen atoms in total. The van der Waals surface area contributed by atoms with Crippen molar-refractivity contribution in [3.05, 3.63) is 52.7 Å². The van der Waals surface area contributed by atoms with Crippen LogP contribution in [0.3, 0.4) is 0 Å². The molecule has 0 aliphatic rings. The number of nitrogens with one attached hydrogen (secondary N) is 1. The molecule has 0 saturated heterocycles. The number of hydrogen-bond donors (Lipinski definition) is 1. The molecule has 1 N–H and O–H groups in total. The number of hydrogen-bond acceptors (Lipinski definition) is 5. The summed E-state index contributed by atoms with van der Waals surface area (Å²) in [5.74, 6) is 0.284. The molecule has 1 amide bonds. The van der Waals surface area contributed by atoms with Gasteiger partial charge in [0.15, 0.2) is 6.61 Å². The highest BCUT2D eigenvalue weighted by Crippen LogP contribution is 2.33. The number of aromatic nitrogens is 2. The van der Waals surface area contributed by atoms with Crippen molar-refractivity contribution in [1.29, 1.82) is 0 Å². The van der Waals surface area contributed by atoms with Crippen LogP contribution in [0.15, 0.2) is 36.7 Å². The van der Waals surface area contributed by atoms with Crippen molar-refractivity contribution in [3.63, 3.8) is 0 Å². The molecule has 0 saturated carbocycles. The Balaban J connectivity index is 1.67.